The standard InChI is InChI=1S/C11H14N4O2S/c1-8-11(9(2)14-13-8)18(16,17)15(3)10-4-6-12-7-5-10/h4-7H,1-3H3,(H,13,14). The summed E-state index contributed by atoms with van der Waals surface area (Å²) >= 11 is 0. The largest absolute Gasteiger partial charge is 0.281 e. The molecule has 0 aromatic carbocycles. The lowest BCUT2D eigenvalue weighted by molar-refractivity contribution is 0.593. The molecule has 2 heterocycles. The number of sulfonamides is 1. The normalized spacial score (nSPS) is 11.5. The number of nitrogens with one attached hydrogen (secondary N) is 1. The Labute approximate surface area is 106 Å². The average molecular weight is 266 g/mol. The number of anilines is 1. The van der Waals surface area contributed by atoms with Crippen LogP contribution in [0.4, 0.5) is 5.69 Å². The number of aromatic amines is 1. The van der Waals surface area contributed by atoms with Crippen molar-refractivity contribution in [2.24, 2.45) is 0 Å². The quantitative estimate of drug-likeness (QED) is 0.906. The Bertz CT molecular complexity index is 629. The van der Waals surface area contributed by atoms with Gasteiger partial charge >= 0.3 is 0 Å². The molecule has 0 spiro atoms. The molecule has 96 valence electrons. The Balaban J connectivity index is 2.51. The molecule has 0 atom stereocenters. The lowest BCUT2D eigenvalue weighted by atomic mass is 10.4. The fourth-order valence-corrected chi connectivity index (χ4v) is 3.28. The molecule has 0 fully saturated rings. The lowest BCUT2D eigenvalue weighted by Crippen LogP contribution is -2.27. The van der Waals surface area contributed by atoms with Crippen LogP contribution in [0.25, 0.3) is 0 Å². The van der Waals surface area contributed by atoms with E-state index in [-0.39, 0.29) is 4.90 Å². The Morgan fingerprint density at radius 1 is 1.22 bits per heavy atom. The second kappa shape index (κ2) is 4.41. The minimum absolute atomic E-state index is 0.224. The van der Waals surface area contributed by atoms with Crippen LogP contribution in [0, 0.1) is 13.8 Å². The summed E-state index contributed by atoms with van der Waals surface area (Å²) in [6.07, 6.45) is 3.10. The van der Waals surface area contributed by atoms with Crippen LogP contribution in [0.1, 0.15) is 11.4 Å². The van der Waals surface area contributed by atoms with Gasteiger partial charge < -0.3 is 0 Å². The van der Waals surface area contributed by atoms with Gasteiger partial charge in [0, 0.05) is 19.4 Å². The van der Waals surface area contributed by atoms with Crippen molar-refractivity contribution in [3.8, 4) is 0 Å². The Morgan fingerprint density at radius 3 is 2.33 bits per heavy atom. The first-order valence-corrected chi connectivity index (χ1v) is 6.79. The van der Waals surface area contributed by atoms with Crippen LogP contribution in [0.2, 0.25) is 0 Å². The molecule has 0 bridgehead atoms. The molecule has 6 nitrogen and oxygen atoms in total. The van der Waals surface area contributed by atoms with Crippen molar-refractivity contribution < 1.29 is 8.42 Å². The molecule has 2 aromatic rings. The maximum Gasteiger partial charge on any atom is 0.267 e. The second-order valence-corrected chi connectivity index (χ2v) is 5.85. The Morgan fingerprint density at radius 2 is 1.83 bits per heavy atom. The zero-order chi connectivity index (χ0) is 13.3. The summed E-state index contributed by atoms with van der Waals surface area (Å²) < 4.78 is 26.2. The molecule has 7 heteroatoms. The molecule has 0 aliphatic rings. The van der Waals surface area contributed by atoms with Gasteiger partial charge in [0.25, 0.3) is 10.0 Å². The lowest BCUT2D eigenvalue weighted by Gasteiger charge is -2.19. The van der Waals surface area contributed by atoms with Crippen molar-refractivity contribution in [2.75, 3.05) is 11.4 Å². The Hall–Kier alpha value is -1.89. The van der Waals surface area contributed by atoms with Gasteiger partial charge in [-0.1, -0.05) is 0 Å². The predicted octanol–water partition coefficient (Wildman–Crippen LogP) is 1.25. The third kappa shape index (κ3) is 1.97. The van der Waals surface area contributed by atoms with E-state index in [4.69, 9.17) is 0 Å². The van der Waals surface area contributed by atoms with Crippen molar-refractivity contribution in [2.45, 2.75) is 18.7 Å². The molecule has 0 amide bonds. The Kier molecular flexibility index (Phi) is 3.08. The summed E-state index contributed by atoms with van der Waals surface area (Å²) in [5, 5.41) is 6.60. The van der Waals surface area contributed by atoms with Gasteiger partial charge in [-0.2, -0.15) is 5.10 Å². The fourth-order valence-electron chi connectivity index (χ4n) is 1.75. The van der Waals surface area contributed by atoms with Crippen molar-refractivity contribution in [1.82, 2.24) is 15.2 Å². The van der Waals surface area contributed by atoms with Crippen LogP contribution in [0.15, 0.2) is 29.4 Å². The van der Waals surface area contributed by atoms with Gasteiger partial charge in [0.1, 0.15) is 4.90 Å². The molecule has 18 heavy (non-hydrogen) atoms. The molecule has 0 unspecified atom stereocenters. The van der Waals surface area contributed by atoms with Gasteiger partial charge in [-0.05, 0) is 26.0 Å². The number of nitrogens with zero attached hydrogens (tertiary/aromatic N) is 3. The summed E-state index contributed by atoms with van der Waals surface area (Å²) in [6, 6.07) is 3.28. The summed E-state index contributed by atoms with van der Waals surface area (Å²) in [4.78, 5) is 4.09. The van der Waals surface area contributed by atoms with E-state index >= 15 is 0 Å². The second-order valence-electron chi connectivity index (χ2n) is 3.94. The highest BCUT2D eigenvalue weighted by atomic mass is 32.2. The van der Waals surface area contributed by atoms with Crippen molar-refractivity contribution in [1.29, 1.82) is 0 Å². The van der Waals surface area contributed by atoms with E-state index in [2.05, 4.69) is 15.2 Å². The predicted molar refractivity (Wildman–Crippen MR) is 67.9 cm³/mol. The van der Waals surface area contributed by atoms with Crippen molar-refractivity contribution >= 4 is 15.7 Å². The molecule has 0 saturated carbocycles. The smallest absolute Gasteiger partial charge is 0.267 e. The zero-order valence-corrected chi connectivity index (χ0v) is 11.2. The first kappa shape index (κ1) is 12.6. The van der Waals surface area contributed by atoms with E-state index in [9.17, 15) is 8.42 Å². The maximum absolute atomic E-state index is 12.5. The number of rotatable bonds is 3. The van der Waals surface area contributed by atoms with Crippen LogP contribution in [-0.2, 0) is 10.0 Å². The average Bonchev–Trinajstić information content (AvgIpc) is 2.69. The van der Waals surface area contributed by atoms with Crippen molar-refractivity contribution in [3.63, 3.8) is 0 Å². The van der Waals surface area contributed by atoms with Crippen LogP contribution in [-0.4, -0.2) is 30.6 Å². The number of hydrogen-bond acceptors (Lipinski definition) is 4. The molecular formula is C11H14N4O2S. The van der Waals surface area contributed by atoms with E-state index in [0.29, 0.717) is 17.1 Å². The minimum Gasteiger partial charge on any atom is -0.281 e. The summed E-state index contributed by atoms with van der Waals surface area (Å²) in [5.41, 5.74) is 1.56. The van der Waals surface area contributed by atoms with Crippen molar-refractivity contribution in [3.05, 3.63) is 35.9 Å². The maximum atomic E-state index is 12.5. The monoisotopic (exact) mass is 266 g/mol. The highest BCUT2D eigenvalue weighted by Gasteiger charge is 2.27. The first-order valence-electron chi connectivity index (χ1n) is 5.35. The number of aromatic nitrogens is 3. The van der Waals surface area contributed by atoms with E-state index < -0.39 is 10.0 Å². The molecule has 0 saturated heterocycles. The van der Waals surface area contributed by atoms with E-state index in [1.165, 1.54) is 11.4 Å². The van der Waals surface area contributed by atoms with E-state index in [1.54, 1.807) is 38.4 Å². The van der Waals surface area contributed by atoms with Gasteiger partial charge in [-0.25, -0.2) is 8.42 Å². The summed E-state index contributed by atoms with van der Waals surface area (Å²) in [6.45, 7) is 3.35. The third-order valence-corrected chi connectivity index (χ3v) is 4.75. The van der Waals surface area contributed by atoms with Crippen LogP contribution >= 0.6 is 0 Å². The third-order valence-electron chi connectivity index (χ3n) is 2.71. The minimum atomic E-state index is -3.60. The highest BCUT2D eigenvalue weighted by molar-refractivity contribution is 7.92. The molecule has 0 aliphatic carbocycles. The number of H-pyrrole nitrogens is 1. The SMILES string of the molecule is Cc1n[nH]c(C)c1S(=O)(=O)N(C)c1ccncc1. The molecule has 0 radical (unpaired) electrons. The number of aryl methyl sites for hydroxylation is 2. The van der Waals surface area contributed by atoms with Gasteiger partial charge in [0.05, 0.1) is 17.1 Å². The molecule has 1 N–H and O–H groups in total. The van der Waals surface area contributed by atoms with E-state index in [1.807, 2.05) is 0 Å². The summed E-state index contributed by atoms with van der Waals surface area (Å²) in [5.74, 6) is 0. The van der Waals surface area contributed by atoms with Crippen LogP contribution < -0.4 is 4.31 Å². The molecule has 2 aromatic heterocycles. The van der Waals surface area contributed by atoms with Gasteiger partial charge in [0.2, 0.25) is 0 Å². The molecule has 2 rings (SSSR count). The number of hydrogen-bond donors (Lipinski definition) is 1. The van der Waals surface area contributed by atoms with Gasteiger partial charge in [-0.15, -0.1) is 0 Å². The number of pyridine rings is 1. The molecule has 0 aliphatic heterocycles. The zero-order valence-electron chi connectivity index (χ0n) is 10.4. The van der Waals surface area contributed by atoms with Gasteiger partial charge in [-0.3, -0.25) is 14.4 Å². The van der Waals surface area contributed by atoms with E-state index in [0.717, 1.165) is 0 Å². The highest BCUT2D eigenvalue weighted by Crippen LogP contribution is 2.24. The van der Waals surface area contributed by atoms with Crippen LogP contribution in [0.5, 0.6) is 0 Å². The first-order chi connectivity index (χ1) is 8.44. The fraction of sp³-hybridized carbons (Fsp3) is 0.273. The summed E-state index contributed by atoms with van der Waals surface area (Å²) in [7, 11) is -2.09. The van der Waals surface area contributed by atoms with Gasteiger partial charge in [0.15, 0.2) is 0 Å². The topological polar surface area (TPSA) is 79.0 Å². The molecular weight excluding hydrogens is 252 g/mol. The van der Waals surface area contributed by atoms with Crippen LogP contribution in [0.3, 0.4) is 0 Å².